The van der Waals surface area contributed by atoms with Gasteiger partial charge < -0.3 is 5.32 Å². The Morgan fingerprint density at radius 2 is 2.00 bits per heavy atom. The molecule has 2 N–H and O–H groups in total. The summed E-state index contributed by atoms with van der Waals surface area (Å²) in [6.07, 6.45) is 1.58. The van der Waals surface area contributed by atoms with Crippen LogP contribution in [-0.2, 0) is 16.4 Å². The van der Waals surface area contributed by atoms with E-state index in [4.69, 9.17) is 0 Å². The zero-order chi connectivity index (χ0) is 17.0. The van der Waals surface area contributed by atoms with Crippen LogP contribution in [-0.4, -0.2) is 27.1 Å². The molecule has 8 heteroatoms. The predicted molar refractivity (Wildman–Crippen MR) is 90.0 cm³/mol. The van der Waals surface area contributed by atoms with E-state index in [1.54, 1.807) is 25.1 Å². The molecule has 0 aliphatic rings. The lowest BCUT2D eigenvalue weighted by atomic mass is 10.2. The van der Waals surface area contributed by atoms with Gasteiger partial charge in [0.1, 0.15) is 5.82 Å². The minimum Gasteiger partial charge on any atom is -0.319 e. The Morgan fingerprint density at radius 1 is 1.26 bits per heavy atom. The highest BCUT2D eigenvalue weighted by Crippen LogP contribution is 2.20. The quantitative estimate of drug-likeness (QED) is 0.835. The molecule has 0 saturated heterocycles. The van der Waals surface area contributed by atoms with E-state index >= 15 is 0 Å². The molecule has 2 aromatic rings. The third-order valence-corrected chi connectivity index (χ3v) is 4.87. The first-order valence-corrected chi connectivity index (χ1v) is 9.56. The van der Waals surface area contributed by atoms with Crippen LogP contribution in [0.4, 0.5) is 10.1 Å². The Balaban J connectivity index is 1.98. The van der Waals surface area contributed by atoms with E-state index in [1.165, 1.54) is 23.5 Å². The van der Waals surface area contributed by atoms with Gasteiger partial charge in [0.25, 0.3) is 5.91 Å². The fourth-order valence-corrected chi connectivity index (χ4v) is 3.27. The lowest BCUT2D eigenvalue weighted by molar-refractivity contribution is 0.103. The second kappa shape index (κ2) is 7.20. The van der Waals surface area contributed by atoms with E-state index in [0.29, 0.717) is 11.3 Å². The average Bonchev–Trinajstić information content (AvgIpc) is 2.89. The molecule has 0 aliphatic carbocycles. The number of thiophene rings is 1. The number of carbonyl (C=O) groups is 1. The van der Waals surface area contributed by atoms with Crippen molar-refractivity contribution in [2.75, 3.05) is 18.1 Å². The summed E-state index contributed by atoms with van der Waals surface area (Å²) >= 11 is 1.25. The second-order valence-corrected chi connectivity index (χ2v) is 8.12. The number of aryl methyl sites for hydroxylation is 1. The van der Waals surface area contributed by atoms with Crippen LogP contribution in [0.15, 0.2) is 30.3 Å². The highest BCUT2D eigenvalue weighted by Gasteiger charge is 2.12. The van der Waals surface area contributed by atoms with Crippen LogP contribution in [0.25, 0.3) is 0 Å². The Labute approximate surface area is 138 Å². The van der Waals surface area contributed by atoms with Crippen molar-refractivity contribution in [2.24, 2.45) is 0 Å². The van der Waals surface area contributed by atoms with E-state index < -0.39 is 15.8 Å². The fourth-order valence-electron chi connectivity index (χ4n) is 1.90. The van der Waals surface area contributed by atoms with Crippen molar-refractivity contribution < 1.29 is 17.6 Å². The van der Waals surface area contributed by atoms with Crippen molar-refractivity contribution in [3.05, 3.63) is 51.5 Å². The van der Waals surface area contributed by atoms with Crippen molar-refractivity contribution in [3.8, 4) is 0 Å². The van der Waals surface area contributed by atoms with Gasteiger partial charge in [0, 0.05) is 11.4 Å². The number of hydrogen-bond acceptors (Lipinski definition) is 4. The Hall–Kier alpha value is -1.77. The van der Waals surface area contributed by atoms with Gasteiger partial charge >= 0.3 is 0 Å². The summed E-state index contributed by atoms with van der Waals surface area (Å²) in [5.74, 6) is -0.868. The van der Waals surface area contributed by atoms with Crippen molar-refractivity contribution in [2.45, 2.75) is 13.3 Å². The van der Waals surface area contributed by atoms with Crippen LogP contribution in [0.3, 0.4) is 0 Å². The lowest BCUT2D eigenvalue weighted by Gasteiger charge is -2.05. The van der Waals surface area contributed by atoms with Gasteiger partial charge in [-0.05, 0) is 43.2 Å². The van der Waals surface area contributed by atoms with Gasteiger partial charge in [0.2, 0.25) is 10.0 Å². The number of sulfonamides is 1. The Morgan fingerprint density at radius 3 is 2.65 bits per heavy atom. The van der Waals surface area contributed by atoms with E-state index in [2.05, 4.69) is 10.0 Å². The predicted octanol–water partition coefficient (Wildman–Crippen LogP) is 2.54. The summed E-state index contributed by atoms with van der Waals surface area (Å²) in [5.41, 5.74) is 0.909. The lowest BCUT2D eigenvalue weighted by Crippen LogP contribution is -2.24. The van der Waals surface area contributed by atoms with Gasteiger partial charge in [-0.1, -0.05) is 6.07 Å². The molecule has 0 aliphatic heterocycles. The van der Waals surface area contributed by atoms with Crippen LogP contribution >= 0.6 is 11.3 Å². The summed E-state index contributed by atoms with van der Waals surface area (Å²) in [6, 6.07) is 7.99. The molecular weight excluding hydrogens is 339 g/mol. The molecule has 0 saturated carbocycles. The Kier molecular flexibility index (Phi) is 5.51. The zero-order valence-electron chi connectivity index (χ0n) is 12.7. The smallest absolute Gasteiger partial charge is 0.265 e. The van der Waals surface area contributed by atoms with Crippen LogP contribution in [0.1, 0.15) is 20.1 Å². The summed E-state index contributed by atoms with van der Waals surface area (Å²) in [7, 11) is -3.22. The fraction of sp³-hybridized carbons (Fsp3) is 0.267. The molecular formula is C15H17FN2O3S2. The zero-order valence-corrected chi connectivity index (χ0v) is 14.4. The molecule has 1 aromatic heterocycles. The van der Waals surface area contributed by atoms with Gasteiger partial charge in [-0.25, -0.2) is 17.5 Å². The van der Waals surface area contributed by atoms with Crippen LogP contribution in [0.2, 0.25) is 0 Å². The molecule has 2 rings (SSSR count). The first-order valence-electron chi connectivity index (χ1n) is 6.85. The minimum atomic E-state index is -3.22. The number of carbonyl (C=O) groups excluding carboxylic acids is 1. The first-order chi connectivity index (χ1) is 10.7. The maximum Gasteiger partial charge on any atom is 0.265 e. The monoisotopic (exact) mass is 356 g/mol. The van der Waals surface area contributed by atoms with E-state index in [1.807, 2.05) is 0 Å². The number of amides is 1. The maximum absolute atomic E-state index is 13.7. The van der Waals surface area contributed by atoms with Gasteiger partial charge in [-0.15, -0.1) is 11.3 Å². The van der Waals surface area contributed by atoms with Crippen LogP contribution in [0.5, 0.6) is 0 Å². The number of rotatable bonds is 6. The van der Waals surface area contributed by atoms with E-state index in [9.17, 15) is 17.6 Å². The van der Waals surface area contributed by atoms with Crippen LogP contribution < -0.4 is 10.0 Å². The van der Waals surface area contributed by atoms with Crippen molar-refractivity contribution in [3.63, 3.8) is 0 Å². The number of hydrogen-bond donors (Lipinski definition) is 2. The number of halogens is 1. The summed E-state index contributed by atoms with van der Waals surface area (Å²) in [4.78, 5) is 13.4. The normalized spacial score (nSPS) is 11.4. The standard InChI is InChI=1S/C15H17FN2O3S2/c1-10-3-5-13(12(16)9-10)18-15(19)14-6-4-11(22-14)7-8-17-23(2,20)21/h3-6,9,17H,7-8H2,1-2H3,(H,18,19). The van der Waals surface area contributed by atoms with Gasteiger partial charge in [0.15, 0.2) is 0 Å². The van der Waals surface area contributed by atoms with Crippen molar-refractivity contribution in [1.82, 2.24) is 4.72 Å². The molecule has 0 unspecified atom stereocenters. The number of anilines is 1. The topological polar surface area (TPSA) is 75.3 Å². The molecule has 0 fully saturated rings. The SMILES string of the molecule is Cc1ccc(NC(=O)c2ccc(CCNS(C)(=O)=O)s2)c(F)c1. The number of nitrogens with one attached hydrogen (secondary N) is 2. The van der Waals surface area contributed by atoms with Crippen molar-refractivity contribution >= 4 is 33.0 Å². The molecule has 5 nitrogen and oxygen atoms in total. The molecule has 0 bridgehead atoms. The molecule has 0 spiro atoms. The van der Waals surface area contributed by atoms with Gasteiger partial charge in [-0.3, -0.25) is 4.79 Å². The van der Waals surface area contributed by atoms with E-state index in [0.717, 1.165) is 16.7 Å². The Bertz CT molecular complexity index is 816. The molecule has 1 aromatic carbocycles. The molecule has 0 atom stereocenters. The summed E-state index contributed by atoms with van der Waals surface area (Å²) < 4.78 is 38.1. The number of benzene rings is 1. The van der Waals surface area contributed by atoms with Crippen molar-refractivity contribution in [1.29, 1.82) is 0 Å². The van der Waals surface area contributed by atoms with Gasteiger partial charge in [-0.2, -0.15) is 0 Å². The van der Waals surface area contributed by atoms with Gasteiger partial charge in [0.05, 0.1) is 16.8 Å². The summed E-state index contributed by atoms with van der Waals surface area (Å²) in [6.45, 7) is 2.04. The third-order valence-electron chi connectivity index (χ3n) is 2.99. The molecule has 23 heavy (non-hydrogen) atoms. The van der Waals surface area contributed by atoms with Crippen LogP contribution in [0, 0.1) is 12.7 Å². The maximum atomic E-state index is 13.7. The first kappa shape index (κ1) is 17.6. The molecule has 124 valence electrons. The largest absolute Gasteiger partial charge is 0.319 e. The molecule has 1 amide bonds. The third kappa shape index (κ3) is 5.42. The minimum absolute atomic E-state index is 0.134. The molecule has 1 heterocycles. The summed E-state index contributed by atoms with van der Waals surface area (Å²) in [5, 5.41) is 2.53. The van der Waals surface area contributed by atoms with E-state index in [-0.39, 0.29) is 18.1 Å². The average molecular weight is 356 g/mol. The highest BCUT2D eigenvalue weighted by molar-refractivity contribution is 7.88. The molecule has 0 radical (unpaired) electrons. The highest BCUT2D eigenvalue weighted by atomic mass is 32.2. The second-order valence-electron chi connectivity index (χ2n) is 5.12.